The van der Waals surface area contributed by atoms with Crippen molar-refractivity contribution >= 4 is 10.9 Å². The van der Waals surface area contributed by atoms with Crippen molar-refractivity contribution in [3.05, 3.63) is 75.3 Å². The molecule has 36 heavy (non-hydrogen) atoms. The van der Waals surface area contributed by atoms with E-state index in [0.717, 1.165) is 46.6 Å². The molecule has 188 valence electrons. The van der Waals surface area contributed by atoms with Gasteiger partial charge in [0, 0.05) is 24.2 Å². The normalized spacial score (nSPS) is 13.1. The van der Waals surface area contributed by atoms with Crippen molar-refractivity contribution < 1.29 is 9.47 Å². The molecule has 0 spiro atoms. The van der Waals surface area contributed by atoms with Crippen molar-refractivity contribution in [3.8, 4) is 11.5 Å². The summed E-state index contributed by atoms with van der Waals surface area (Å²) in [5.41, 5.74) is 3.52. The number of nitrogens with one attached hydrogen (secondary N) is 1. The zero-order valence-corrected chi connectivity index (χ0v) is 21.2. The van der Waals surface area contributed by atoms with Gasteiger partial charge in [-0.15, -0.1) is 5.10 Å². The Morgan fingerprint density at radius 3 is 2.61 bits per heavy atom. The van der Waals surface area contributed by atoms with Crippen LogP contribution in [0.2, 0.25) is 0 Å². The lowest BCUT2D eigenvalue weighted by molar-refractivity contribution is 0.174. The van der Waals surface area contributed by atoms with Crippen LogP contribution in [0.25, 0.3) is 10.9 Å². The van der Waals surface area contributed by atoms with Gasteiger partial charge < -0.3 is 14.5 Å². The van der Waals surface area contributed by atoms with Gasteiger partial charge >= 0.3 is 0 Å². The number of tetrazole rings is 1. The van der Waals surface area contributed by atoms with Gasteiger partial charge in [0.05, 0.1) is 12.1 Å². The molecule has 5 rings (SSSR count). The van der Waals surface area contributed by atoms with Crippen LogP contribution in [-0.2, 0) is 31.6 Å². The van der Waals surface area contributed by atoms with Crippen molar-refractivity contribution in [2.75, 3.05) is 6.79 Å². The van der Waals surface area contributed by atoms with Gasteiger partial charge in [0.2, 0.25) is 6.79 Å². The van der Waals surface area contributed by atoms with Gasteiger partial charge in [0.1, 0.15) is 0 Å². The van der Waals surface area contributed by atoms with Crippen LogP contribution in [0, 0.1) is 0 Å². The van der Waals surface area contributed by atoms with Crippen molar-refractivity contribution in [3.63, 3.8) is 0 Å². The van der Waals surface area contributed by atoms with Crippen molar-refractivity contribution in [1.29, 1.82) is 0 Å². The molecule has 0 atom stereocenters. The Bertz CT molecular complexity index is 1440. The van der Waals surface area contributed by atoms with Gasteiger partial charge in [-0.3, -0.25) is 9.69 Å². The van der Waals surface area contributed by atoms with Crippen LogP contribution in [0.15, 0.2) is 47.3 Å². The van der Waals surface area contributed by atoms with Crippen LogP contribution in [-0.4, -0.2) is 36.9 Å². The predicted octanol–water partition coefficient (Wildman–Crippen LogP) is 4.15. The molecule has 2 aromatic heterocycles. The van der Waals surface area contributed by atoms with E-state index >= 15 is 0 Å². The maximum absolute atomic E-state index is 13.0. The van der Waals surface area contributed by atoms with E-state index in [1.54, 1.807) is 0 Å². The lowest BCUT2D eigenvalue weighted by Crippen LogP contribution is -2.32. The topological polar surface area (TPSA) is 98.2 Å². The largest absolute Gasteiger partial charge is 0.454 e. The van der Waals surface area contributed by atoms with Gasteiger partial charge in [-0.25, -0.2) is 4.68 Å². The second-order valence-corrected chi connectivity index (χ2v) is 9.90. The number of benzene rings is 2. The number of aromatic nitrogens is 5. The fraction of sp³-hybridized carbons (Fsp3) is 0.407. The average Bonchev–Trinajstić information content (AvgIpc) is 3.53. The Kier molecular flexibility index (Phi) is 6.49. The number of hydrogen-bond acceptors (Lipinski definition) is 7. The van der Waals surface area contributed by atoms with Crippen LogP contribution >= 0.6 is 0 Å². The summed E-state index contributed by atoms with van der Waals surface area (Å²) in [6.07, 6.45) is 1.83. The lowest BCUT2D eigenvalue weighted by atomic mass is 10.0. The van der Waals surface area contributed by atoms with E-state index in [4.69, 9.17) is 9.47 Å². The third kappa shape index (κ3) is 4.83. The molecule has 1 aliphatic rings. The number of hydrogen-bond donors (Lipinski definition) is 1. The molecular formula is C27H32N6O3. The summed E-state index contributed by atoms with van der Waals surface area (Å²) < 4.78 is 12.9. The molecule has 0 amide bonds. The molecule has 3 heterocycles. The third-order valence-electron chi connectivity index (χ3n) is 6.97. The lowest BCUT2D eigenvalue weighted by Gasteiger charge is -2.27. The van der Waals surface area contributed by atoms with Crippen LogP contribution in [0.1, 0.15) is 56.6 Å². The molecule has 0 fully saturated rings. The first-order chi connectivity index (χ1) is 17.4. The van der Waals surface area contributed by atoms with Gasteiger partial charge in [0.25, 0.3) is 5.56 Å². The molecule has 0 saturated heterocycles. The number of aryl methyl sites for hydroxylation is 1. The van der Waals surface area contributed by atoms with E-state index in [9.17, 15) is 4.79 Å². The summed E-state index contributed by atoms with van der Waals surface area (Å²) in [7, 11) is 0. The SMILES string of the molecule is CCc1ccc2[nH]c(=O)c(CN(Cc3ccc4c(c3)OCO4)Cc3nnnn3C(C)(C)CC)cc2c1. The summed E-state index contributed by atoms with van der Waals surface area (Å²) in [5.74, 6) is 2.24. The van der Waals surface area contributed by atoms with E-state index in [-0.39, 0.29) is 17.9 Å². The van der Waals surface area contributed by atoms with Crippen LogP contribution in [0.5, 0.6) is 11.5 Å². The number of rotatable bonds is 9. The Morgan fingerprint density at radius 2 is 1.81 bits per heavy atom. The summed E-state index contributed by atoms with van der Waals surface area (Å²) >= 11 is 0. The van der Waals surface area contributed by atoms with Crippen molar-refractivity contribution in [1.82, 2.24) is 30.1 Å². The highest BCUT2D eigenvalue weighted by molar-refractivity contribution is 5.79. The molecule has 0 bridgehead atoms. The van der Waals surface area contributed by atoms with Crippen LogP contribution in [0.3, 0.4) is 0 Å². The molecule has 0 saturated carbocycles. The Morgan fingerprint density at radius 1 is 1.00 bits per heavy atom. The molecule has 0 aliphatic carbocycles. The average molecular weight is 489 g/mol. The molecule has 9 nitrogen and oxygen atoms in total. The first-order valence-electron chi connectivity index (χ1n) is 12.4. The van der Waals surface area contributed by atoms with Crippen LogP contribution < -0.4 is 15.0 Å². The summed E-state index contributed by atoms with van der Waals surface area (Å²) in [4.78, 5) is 18.3. The highest BCUT2D eigenvalue weighted by Crippen LogP contribution is 2.33. The zero-order valence-electron chi connectivity index (χ0n) is 21.2. The number of aromatic amines is 1. The van der Waals surface area contributed by atoms with E-state index in [1.807, 2.05) is 35.0 Å². The van der Waals surface area contributed by atoms with E-state index in [0.29, 0.717) is 25.2 Å². The minimum atomic E-state index is -0.222. The Balaban J connectivity index is 1.49. The van der Waals surface area contributed by atoms with E-state index < -0.39 is 0 Å². The number of ether oxygens (including phenoxy) is 2. The molecule has 0 unspecified atom stereocenters. The molecule has 1 aliphatic heterocycles. The van der Waals surface area contributed by atoms with Gasteiger partial charge in [-0.1, -0.05) is 26.0 Å². The maximum atomic E-state index is 13.0. The number of H-pyrrole nitrogens is 1. The first kappa shape index (κ1) is 24.0. The summed E-state index contributed by atoms with van der Waals surface area (Å²) in [6.45, 7) is 10.2. The van der Waals surface area contributed by atoms with E-state index in [2.05, 4.69) is 65.2 Å². The van der Waals surface area contributed by atoms with Crippen molar-refractivity contribution in [2.24, 2.45) is 0 Å². The number of pyridine rings is 1. The minimum absolute atomic E-state index is 0.0871. The van der Waals surface area contributed by atoms with Crippen molar-refractivity contribution in [2.45, 2.75) is 65.7 Å². The van der Waals surface area contributed by atoms with Gasteiger partial charge in [-0.05, 0) is 84.0 Å². The standard InChI is InChI=1S/C27H32N6O3/c1-5-18-7-9-22-20(11-18)13-21(26(34)28-22)15-32(14-19-8-10-23-24(12-19)36-17-35-23)16-25-29-30-31-33(25)27(3,4)6-2/h7-13H,5-6,14-17H2,1-4H3,(H,28,34). The molecule has 9 heteroatoms. The summed E-state index contributed by atoms with van der Waals surface area (Å²) in [6, 6.07) is 14.1. The summed E-state index contributed by atoms with van der Waals surface area (Å²) in [5, 5.41) is 13.6. The third-order valence-corrected chi connectivity index (χ3v) is 6.97. The fourth-order valence-electron chi connectivity index (χ4n) is 4.47. The second kappa shape index (κ2) is 9.73. The minimum Gasteiger partial charge on any atom is -0.454 e. The number of fused-ring (bicyclic) bond motifs is 2. The zero-order chi connectivity index (χ0) is 25.3. The Hall–Kier alpha value is -3.72. The first-order valence-corrected chi connectivity index (χ1v) is 12.4. The quantitative estimate of drug-likeness (QED) is 0.378. The predicted molar refractivity (Wildman–Crippen MR) is 137 cm³/mol. The second-order valence-electron chi connectivity index (χ2n) is 9.90. The smallest absolute Gasteiger partial charge is 0.252 e. The van der Waals surface area contributed by atoms with Gasteiger partial charge in [0.15, 0.2) is 17.3 Å². The molecule has 1 N–H and O–H groups in total. The molecule has 4 aromatic rings. The monoisotopic (exact) mass is 488 g/mol. The highest BCUT2D eigenvalue weighted by Gasteiger charge is 2.25. The Labute approximate surface area is 210 Å². The van der Waals surface area contributed by atoms with Crippen LogP contribution in [0.4, 0.5) is 0 Å². The molecule has 2 aromatic carbocycles. The highest BCUT2D eigenvalue weighted by atomic mass is 16.7. The maximum Gasteiger partial charge on any atom is 0.252 e. The van der Waals surface area contributed by atoms with Gasteiger partial charge in [-0.2, -0.15) is 0 Å². The molecule has 0 radical (unpaired) electrons. The number of nitrogens with zero attached hydrogens (tertiary/aromatic N) is 5. The van der Waals surface area contributed by atoms with E-state index in [1.165, 1.54) is 5.56 Å². The fourth-order valence-corrected chi connectivity index (χ4v) is 4.47. The molecular weight excluding hydrogens is 456 g/mol.